The fourth-order valence-electron chi connectivity index (χ4n) is 2.54. The maximum atomic E-state index is 12.2. The lowest BCUT2D eigenvalue weighted by atomic mass is 10.1. The lowest BCUT2D eigenvalue weighted by Gasteiger charge is -2.37. The van der Waals surface area contributed by atoms with Crippen molar-refractivity contribution in [3.05, 3.63) is 35.9 Å². The number of carbonyl (C=O) groups excluding carboxylic acids is 1. The molecular weight excluding hydrogens is 298 g/mol. The van der Waals surface area contributed by atoms with Gasteiger partial charge in [-0.15, -0.1) is 0 Å². The summed E-state index contributed by atoms with van der Waals surface area (Å²) in [6.45, 7) is 6.30. The van der Waals surface area contributed by atoms with Crippen molar-refractivity contribution >= 4 is 16.7 Å². The van der Waals surface area contributed by atoms with Gasteiger partial charge in [0.05, 0.1) is 11.4 Å². The van der Waals surface area contributed by atoms with Gasteiger partial charge >= 0.3 is 0 Å². The molecule has 0 radical (unpaired) electrons. The zero-order chi connectivity index (χ0) is 16.0. The van der Waals surface area contributed by atoms with Crippen molar-refractivity contribution in [2.45, 2.75) is 38.0 Å². The van der Waals surface area contributed by atoms with E-state index >= 15 is 0 Å². The second kappa shape index (κ2) is 7.88. The molecule has 0 saturated carbocycles. The standard InChI is InChI=1S/C17H25NO3S/c1-17(2)14-18(10-12-22(17)20)16(19)9-6-11-21-13-15-7-4-3-5-8-15/h3-5,7-8H,6,9-14H2,1-2H3/t22-/m1/s1. The summed E-state index contributed by atoms with van der Waals surface area (Å²) in [6.07, 6.45) is 1.23. The molecule has 1 aromatic carbocycles. The van der Waals surface area contributed by atoms with Gasteiger partial charge in [-0.25, -0.2) is 0 Å². The molecular formula is C17H25NO3S. The van der Waals surface area contributed by atoms with Crippen molar-refractivity contribution in [2.24, 2.45) is 0 Å². The van der Waals surface area contributed by atoms with Gasteiger partial charge in [-0.3, -0.25) is 9.00 Å². The molecule has 122 valence electrons. The molecule has 0 aromatic heterocycles. The van der Waals surface area contributed by atoms with Gasteiger partial charge in [-0.2, -0.15) is 0 Å². The number of carbonyl (C=O) groups is 1. The highest BCUT2D eigenvalue weighted by Crippen LogP contribution is 2.20. The van der Waals surface area contributed by atoms with E-state index in [4.69, 9.17) is 4.74 Å². The first-order chi connectivity index (χ1) is 10.5. The fourth-order valence-corrected chi connectivity index (χ4v) is 3.78. The van der Waals surface area contributed by atoms with Crippen LogP contribution in [0.3, 0.4) is 0 Å². The van der Waals surface area contributed by atoms with Crippen LogP contribution in [0, 0.1) is 0 Å². The number of ether oxygens (including phenoxy) is 1. The van der Waals surface area contributed by atoms with Crippen LogP contribution in [0.2, 0.25) is 0 Å². The van der Waals surface area contributed by atoms with E-state index in [9.17, 15) is 9.00 Å². The molecule has 1 heterocycles. The molecule has 1 aromatic rings. The van der Waals surface area contributed by atoms with E-state index in [2.05, 4.69) is 0 Å². The highest BCUT2D eigenvalue weighted by atomic mass is 32.2. The van der Waals surface area contributed by atoms with Crippen molar-refractivity contribution in [2.75, 3.05) is 25.4 Å². The van der Waals surface area contributed by atoms with E-state index in [1.54, 1.807) is 0 Å². The van der Waals surface area contributed by atoms with E-state index in [1.807, 2.05) is 49.1 Å². The van der Waals surface area contributed by atoms with Gasteiger partial charge in [-0.05, 0) is 25.8 Å². The minimum absolute atomic E-state index is 0.146. The van der Waals surface area contributed by atoms with E-state index in [-0.39, 0.29) is 10.7 Å². The minimum atomic E-state index is -0.836. The number of amides is 1. The van der Waals surface area contributed by atoms with E-state index in [0.717, 1.165) is 12.0 Å². The number of nitrogens with zero attached hydrogens (tertiary/aromatic N) is 1. The first kappa shape index (κ1) is 17.2. The first-order valence-corrected chi connectivity index (χ1v) is 9.09. The van der Waals surface area contributed by atoms with Gasteiger partial charge in [0, 0.05) is 42.7 Å². The maximum Gasteiger partial charge on any atom is 0.222 e. The first-order valence-electron chi connectivity index (χ1n) is 7.77. The Bertz CT molecular complexity index is 516. The summed E-state index contributed by atoms with van der Waals surface area (Å²) in [5.74, 6) is 0.733. The summed E-state index contributed by atoms with van der Waals surface area (Å²) in [5, 5.41) is 0. The third-order valence-electron chi connectivity index (χ3n) is 3.88. The average Bonchev–Trinajstić information content (AvgIpc) is 2.50. The fraction of sp³-hybridized carbons (Fsp3) is 0.588. The predicted molar refractivity (Wildman–Crippen MR) is 89.0 cm³/mol. The SMILES string of the molecule is CC1(C)CN(C(=O)CCCOCc2ccccc2)CC[S@]1=O. The largest absolute Gasteiger partial charge is 0.377 e. The molecule has 1 aliphatic heterocycles. The number of hydrogen-bond donors (Lipinski definition) is 0. The Hall–Kier alpha value is -1.20. The van der Waals surface area contributed by atoms with Crippen LogP contribution < -0.4 is 0 Å². The van der Waals surface area contributed by atoms with Crippen LogP contribution >= 0.6 is 0 Å². The molecule has 0 unspecified atom stereocenters. The average molecular weight is 323 g/mol. The molecule has 0 N–H and O–H groups in total. The van der Waals surface area contributed by atoms with Crippen molar-refractivity contribution in [3.8, 4) is 0 Å². The molecule has 2 rings (SSSR count). The molecule has 1 amide bonds. The Morgan fingerprint density at radius 2 is 2.05 bits per heavy atom. The van der Waals surface area contributed by atoms with Gasteiger partial charge in [0.1, 0.15) is 0 Å². The number of rotatable bonds is 6. The van der Waals surface area contributed by atoms with Crippen LogP contribution in [0.1, 0.15) is 32.3 Å². The lowest BCUT2D eigenvalue weighted by Crippen LogP contribution is -2.52. The molecule has 1 fully saturated rings. The summed E-state index contributed by atoms with van der Waals surface area (Å²) >= 11 is 0. The summed E-state index contributed by atoms with van der Waals surface area (Å²) in [7, 11) is -0.836. The van der Waals surface area contributed by atoms with E-state index in [1.165, 1.54) is 0 Å². The van der Waals surface area contributed by atoms with Gasteiger partial charge in [-0.1, -0.05) is 30.3 Å². The van der Waals surface area contributed by atoms with E-state index in [0.29, 0.717) is 38.5 Å². The van der Waals surface area contributed by atoms with Gasteiger partial charge < -0.3 is 9.64 Å². The van der Waals surface area contributed by atoms with E-state index < -0.39 is 10.8 Å². The number of hydrogen-bond acceptors (Lipinski definition) is 3. The Balaban J connectivity index is 1.65. The Morgan fingerprint density at radius 1 is 1.32 bits per heavy atom. The van der Waals surface area contributed by atoms with Crippen LogP contribution in [0.5, 0.6) is 0 Å². The second-order valence-electron chi connectivity index (χ2n) is 6.27. The van der Waals surface area contributed by atoms with Crippen molar-refractivity contribution < 1.29 is 13.7 Å². The van der Waals surface area contributed by atoms with Crippen LogP contribution in [-0.2, 0) is 26.9 Å². The molecule has 4 nitrogen and oxygen atoms in total. The zero-order valence-electron chi connectivity index (χ0n) is 13.4. The topological polar surface area (TPSA) is 46.6 Å². The Kier molecular flexibility index (Phi) is 6.15. The Labute approximate surface area is 135 Å². The molecule has 0 aliphatic carbocycles. The van der Waals surface area contributed by atoms with Gasteiger partial charge in [0.15, 0.2) is 0 Å². The quantitative estimate of drug-likeness (QED) is 0.755. The third kappa shape index (κ3) is 4.92. The summed E-state index contributed by atoms with van der Waals surface area (Å²) in [5.41, 5.74) is 1.15. The highest BCUT2D eigenvalue weighted by Gasteiger charge is 2.34. The molecule has 1 aliphatic rings. The maximum absolute atomic E-state index is 12.2. The van der Waals surface area contributed by atoms with Crippen LogP contribution in [0.15, 0.2) is 30.3 Å². The van der Waals surface area contributed by atoms with Crippen molar-refractivity contribution in [3.63, 3.8) is 0 Å². The molecule has 5 heteroatoms. The number of benzene rings is 1. The molecule has 0 spiro atoms. The normalized spacial score (nSPS) is 20.8. The van der Waals surface area contributed by atoms with Crippen molar-refractivity contribution in [1.82, 2.24) is 4.90 Å². The van der Waals surface area contributed by atoms with Crippen molar-refractivity contribution in [1.29, 1.82) is 0 Å². The second-order valence-corrected chi connectivity index (χ2v) is 8.47. The zero-order valence-corrected chi connectivity index (χ0v) is 14.2. The minimum Gasteiger partial charge on any atom is -0.377 e. The molecule has 22 heavy (non-hydrogen) atoms. The smallest absolute Gasteiger partial charge is 0.222 e. The summed E-state index contributed by atoms with van der Waals surface area (Å²) in [4.78, 5) is 14.0. The monoisotopic (exact) mass is 323 g/mol. The summed E-state index contributed by atoms with van der Waals surface area (Å²) < 4.78 is 17.2. The van der Waals surface area contributed by atoms with Crippen LogP contribution in [-0.4, -0.2) is 45.2 Å². The van der Waals surface area contributed by atoms with Gasteiger partial charge in [0.25, 0.3) is 0 Å². The lowest BCUT2D eigenvalue weighted by molar-refractivity contribution is -0.131. The molecule has 1 atom stereocenters. The summed E-state index contributed by atoms with van der Waals surface area (Å²) in [6, 6.07) is 10.0. The third-order valence-corrected chi connectivity index (χ3v) is 5.79. The molecule has 1 saturated heterocycles. The van der Waals surface area contributed by atoms with Crippen LogP contribution in [0.4, 0.5) is 0 Å². The Morgan fingerprint density at radius 3 is 2.73 bits per heavy atom. The molecule has 0 bridgehead atoms. The van der Waals surface area contributed by atoms with Gasteiger partial charge in [0.2, 0.25) is 5.91 Å². The highest BCUT2D eigenvalue weighted by molar-refractivity contribution is 7.86. The predicted octanol–water partition coefficient (Wildman–Crippen LogP) is 2.35. The van der Waals surface area contributed by atoms with Crippen LogP contribution in [0.25, 0.3) is 0 Å².